The number of benzene rings is 3. The summed E-state index contributed by atoms with van der Waals surface area (Å²) in [6, 6.07) is 21.8. The van der Waals surface area contributed by atoms with Gasteiger partial charge in [-0.2, -0.15) is 0 Å². The van der Waals surface area contributed by atoms with Gasteiger partial charge in [0.15, 0.2) is 6.29 Å². The lowest BCUT2D eigenvalue weighted by Gasteiger charge is -2.33. The van der Waals surface area contributed by atoms with Crippen LogP contribution < -0.4 is 0 Å². The summed E-state index contributed by atoms with van der Waals surface area (Å²) in [5.74, 6) is -0.931. The van der Waals surface area contributed by atoms with Crippen LogP contribution in [0.5, 0.6) is 0 Å². The van der Waals surface area contributed by atoms with Gasteiger partial charge in [-0.1, -0.05) is 60.1 Å². The van der Waals surface area contributed by atoms with E-state index in [-0.39, 0.29) is 18.9 Å². The van der Waals surface area contributed by atoms with Crippen molar-refractivity contribution in [3.05, 3.63) is 94.6 Å². The molecule has 5 rings (SSSR count). The first-order chi connectivity index (χ1) is 22.4. The van der Waals surface area contributed by atoms with Gasteiger partial charge in [0.1, 0.15) is 11.7 Å². The molecule has 0 bridgehead atoms. The van der Waals surface area contributed by atoms with Crippen molar-refractivity contribution in [2.75, 3.05) is 19.7 Å². The topological polar surface area (TPSA) is 90.2 Å². The van der Waals surface area contributed by atoms with Gasteiger partial charge in [-0.3, -0.25) is 0 Å². The van der Waals surface area contributed by atoms with E-state index in [2.05, 4.69) is 24.3 Å². The molecule has 47 heavy (non-hydrogen) atoms. The van der Waals surface area contributed by atoms with E-state index in [1.807, 2.05) is 81.7 Å². The Kier molecular flexibility index (Phi) is 11.0. The van der Waals surface area contributed by atoms with Crippen LogP contribution in [0, 0.1) is 0 Å². The number of ether oxygens (including phenoxy) is 3. The summed E-state index contributed by atoms with van der Waals surface area (Å²) in [6.07, 6.45) is 3.96. The summed E-state index contributed by atoms with van der Waals surface area (Å²) in [7, 11) is 0. The van der Waals surface area contributed by atoms with E-state index < -0.39 is 23.8 Å². The Labute approximate surface area is 282 Å². The van der Waals surface area contributed by atoms with E-state index in [9.17, 15) is 14.7 Å². The number of carbonyl (C=O) groups excluding carboxylic acids is 1. The van der Waals surface area contributed by atoms with Crippen molar-refractivity contribution in [1.82, 2.24) is 9.47 Å². The van der Waals surface area contributed by atoms with Gasteiger partial charge >= 0.3 is 12.1 Å². The van der Waals surface area contributed by atoms with Crippen LogP contribution in [0.1, 0.15) is 87.5 Å². The summed E-state index contributed by atoms with van der Waals surface area (Å²) < 4.78 is 20.2. The maximum Gasteiger partial charge on any atom is 0.410 e. The van der Waals surface area contributed by atoms with Crippen LogP contribution in [0.15, 0.2) is 72.9 Å². The Hall–Kier alpha value is -3.85. The van der Waals surface area contributed by atoms with Crippen LogP contribution in [0.4, 0.5) is 4.79 Å². The van der Waals surface area contributed by atoms with Crippen molar-refractivity contribution in [1.29, 1.82) is 0 Å². The second-order valence-corrected chi connectivity index (χ2v) is 13.9. The Bertz CT molecular complexity index is 1680. The molecule has 1 N–H and O–H groups in total. The van der Waals surface area contributed by atoms with Crippen LogP contribution in [-0.4, -0.2) is 58.2 Å². The molecule has 0 spiro atoms. The van der Waals surface area contributed by atoms with Crippen LogP contribution in [0.25, 0.3) is 22.0 Å². The predicted octanol–water partition coefficient (Wildman–Crippen LogP) is 9.30. The van der Waals surface area contributed by atoms with Crippen LogP contribution in [0.2, 0.25) is 5.02 Å². The molecule has 3 aromatic carbocycles. The fourth-order valence-corrected chi connectivity index (χ4v) is 6.07. The molecular weight excluding hydrogens is 616 g/mol. The largest absolute Gasteiger partial charge is 0.478 e. The minimum absolute atomic E-state index is 0.121. The van der Waals surface area contributed by atoms with Crippen molar-refractivity contribution >= 4 is 34.6 Å². The van der Waals surface area contributed by atoms with Crippen LogP contribution >= 0.6 is 11.6 Å². The van der Waals surface area contributed by atoms with Crippen LogP contribution in [-0.2, 0) is 20.6 Å². The number of halogens is 1. The first-order valence-corrected chi connectivity index (χ1v) is 16.7. The molecule has 1 aliphatic heterocycles. The minimum atomic E-state index is -0.931. The number of carboxylic acid groups (broad SMARTS) is 1. The molecule has 1 amide bonds. The molecule has 2 atom stereocenters. The van der Waals surface area contributed by atoms with Crippen LogP contribution in [0.3, 0.4) is 0 Å². The molecule has 1 saturated heterocycles. The molecule has 1 aliphatic rings. The lowest BCUT2D eigenvalue weighted by Crippen LogP contribution is -2.41. The van der Waals surface area contributed by atoms with Gasteiger partial charge in [0.05, 0.1) is 12.1 Å². The summed E-state index contributed by atoms with van der Waals surface area (Å²) in [5, 5.41) is 11.0. The summed E-state index contributed by atoms with van der Waals surface area (Å²) in [4.78, 5) is 27.1. The van der Waals surface area contributed by atoms with Crippen molar-refractivity contribution in [3.63, 3.8) is 0 Å². The quantitative estimate of drug-likeness (QED) is 0.172. The summed E-state index contributed by atoms with van der Waals surface area (Å²) in [6.45, 7) is 11.0. The third kappa shape index (κ3) is 8.95. The molecule has 1 unspecified atom stereocenters. The molecular formula is C38H45ClN2O6. The van der Waals surface area contributed by atoms with Crippen molar-refractivity contribution in [3.8, 4) is 11.1 Å². The van der Waals surface area contributed by atoms with E-state index in [0.717, 1.165) is 52.4 Å². The number of rotatable bonds is 11. The van der Waals surface area contributed by atoms with E-state index in [4.69, 9.17) is 25.8 Å². The van der Waals surface area contributed by atoms with Gasteiger partial charge in [-0.05, 0) is 101 Å². The molecule has 250 valence electrons. The normalized spacial score (nSPS) is 15.9. The van der Waals surface area contributed by atoms with Crippen molar-refractivity contribution in [2.45, 2.75) is 84.3 Å². The van der Waals surface area contributed by atoms with Gasteiger partial charge < -0.3 is 28.8 Å². The molecule has 1 fully saturated rings. The zero-order chi connectivity index (χ0) is 33.7. The average molecular weight is 661 g/mol. The molecule has 1 aromatic heterocycles. The standard InChI is InChI=1S/C38H45ClN2O6/c1-25(2)41-23-32(36(42)43)31-17-16-28(22-33(31)41)27-14-12-26(13-15-27)18-19-40(37(44)47-38(3,4)5)24-34(29-9-8-10-30(39)21-29)46-35-11-6-7-20-45-35/h8-10,12-17,21-23,25,34-35H,6-7,11,18-20,24H2,1-5H3,(H,42,43)/t34-,35?/m0/s1. The van der Waals surface area contributed by atoms with Crippen molar-refractivity contribution in [2.24, 2.45) is 0 Å². The Morgan fingerprint density at radius 1 is 1.04 bits per heavy atom. The number of carbonyl (C=O) groups is 2. The van der Waals surface area contributed by atoms with Gasteiger partial charge in [-0.15, -0.1) is 0 Å². The molecule has 0 aliphatic carbocycles. The first kappa shape index (κ1) is 34.5. The molecule has 4 aromatic rings. The Morgan fingerprint density at radius 3 is 2.43 bits per heavy atom. The maximum absolute atomic E-state index is 13.5. The fraction of sp³-hybridized carbons (Fsp3) is 0.421. The maximum atomic E-state index is 13.5. The molecule has 9 heteroatoms. The van der Waals surface area contributed by atoms with E-state index in [1.165, 1.54) is 0 Å². The number of hydrogen-bond donors (Lipinski definition) is 1. The van der Waals surface area contributed by atoms with Gasteiger partial charge in [0.2, 0.25) is 0 Å². The average Bonchev–Trinajstić information content (AvgIpc) is 3.42. The second-order valence-electron chi connectivity index (χ2n) is 13.4. The number of nitrogens with zero attached hydrogens (tertiary/aromatic N) is 2. The molecule has 2 heterocycles. The Morgan fingerprint density at radius 2 is 1.79 bits per heavy atom. The lowest BCUT2D eigenvalue weighted by molar-refractivity contribution is -0.192. The zero-order valence-corrected chi connectivity index (χ0v) is 28.6. The molecule has 0 radical (unpaired) electrons. The summed E-state index contributed by atoms with van der Waals surface area (Å²) in [5.41, 5.74) is 4.51. The highest BCUT2D eigenvalue weighted by molar-refractivity contribution is 6.30. The predicted molar refractivity (Wildman–Crippen MR) is 185 cm³/mol. The van der Waals surface area contributed by atoms with Gasteiger partial charge in [0.25, 0.3) is 0 Å². The number of hydrogen-bond acceptors (Lipinski definition) is 5. The number of amides is 1. The highest BCUT2D eigenvalue weighted by Gasteiger charge is 2.28. The summed E-state index contributed by atoms with van der Waals surface area (Å²) >= 11 is 6.36. The zero-order valence-electron chi connectivity index (χ0n) is 27.9. The SMILES string of the molecule is CC(C)n1cc(C(=O)O)c2ccc(-c3ccc(CCN(C[C@H](OC4CCCCO4)c4cccc(Cl)c4)C(=O)OC(C)(C)C)cc3)cc21. The Balaban J connectivity index is 1.35. The highest BCUT2D eigenvalue weighted by atomic mass is 35.5. The first-order valence-electron chi connectivity index (χ1n) is 16.4. The highest BCUT2D eigenvalue weighted by Crippen LogP contribution is 2.31. The minimum Gasteiger partial charge on any atom is -0.478 e. The second kappa shape index (κ2) is 14.9. The van der Waals surface area contributed by atoms with Crippen molar-refractivity contribution < 1.29 is 28.9 Å². The van der Waals surface area contributed by atoms with E-state index >= 15 is 0 Å². The molecule has 0 saturated carbocycles. The van der Waals surface area contributed by atoms with Gasteiger partial charge in [0, 0.05) is 41.3 Å². The van der Waals surface area contributed by atoms with E-state index in [0.29, 0.717) is 30.2 Å². The monoisotopic (exact) mass is 660 g/mol. The number of aromatic carboxylic acids is 1. The van der Waals surface area contributed by atoms with E-state index in [1.54, 1.807) is 11.1 Å². The fourth-order valence-electron chi connectivity index (χ4n) is 5.88. The smallest absolute Gasteiger partial charge is 0.410 e. The number of carboxylic acids is 1. The third-order valence-corrected chi connectivity index (χ3v) is 8.53. The molecule has 8 nitrogen and oxygen atoms in total. The third-order valence-electron chi connectivity index (χ3n) is 8.29. The lowest BCUT2D eigenvalue weighted by atomic mass is 10.0. The van der Waals surface area contributed by atoms with Gasteiger partial charge in [-0.25, -0.2) is 9.59 Å². The number of fused-ring (bicyclic) bond motifs is 1. The number of aromatic nitrogens is 1.